The molecule has 0 radical (unpaired) electrons. The van der Waals surface area contributed by atoms with Crippen LogP contribution in [0.2, 0.25) is 5.02 Å². The van der Waals surface area contributed by atoms with Crippen LogP contribution >= 0.6 is 11.6 Å². The van der Waals surface area contributed by atoms with Crippen molar-refractivity contribution < 1.29 is 23.4 Å². The van der Waals surface area contributed by atoms with Crippen molar-refractivity contribution in [1.82, 2.24) is 0 Å². The first-order chi connectivity index (χ1) is 15.8. The van der Waals surface area contributed by atoms with Crippen LogP contribution in [0, 0.1) is 5.82 Å². The third-order valence-corrected chi connectivity index (χ3v) is 5.34. The summed E-state index contributed by atoms with van der Waals surface area (Å²) in [6, 6.07) is 16.8. The molecule has 0 aliphatic carbocycles. The summed E-state index contributed by atoms with van der Waals surface area (Å²) >= 11 is 6.18. The molecule has 0 saturated heterocycles. The summed E-state index contributed by atoms with van der Waals surface area (Å²) in [5, 5.41) is 12.6. The van der Waals surface area contributed by atoms with Gasteiger partial charge in [0.05, 0.1) is 11.6 Å². The molecule has 0 bridgehead atoms. The van der Waals surface area contributed by atoms with Gasteiger partial charge in [0.25, 0.3) is 5.91 Å². The van der Waals surface area contributed by atoms with Crippen molar-refractivity contribution in [2.45, 2.75) is 19.6 Å². The minimum atomic E-state index is -0.846. The molecule has 6 nitrogen and oxygen atoms in total. The number of benzene rings is 3. The minimum Gasteiger partial charge on any atom is -0.481 e. The van der Waals surface area contributed by atoms with Gasteiger partial charge >= 0.3 is 5.63 Å². The van der Waals surface area contributed by atoms with E-state index in [4.69, 9.17) is 25.9 Å². The quantitative estimate of drug-likeness (QED) is 0.383. The van der Waals surface area contributed by atoms with Gasteiger partial charge in [-0.25, -0.2) is 9.18 Å². The van der Waals surface area contributed by atoms with Gasteiger partial charge < -0.3 is 19.6 Å². The summed E-state index contributed by atoms with van der Waals surface area (Å²) in [5.74, 6) is -0.533. The third kappa shape index (κ3) is 5.05. The molecule has 4 rings (SSSR count). The van der Waals surface area contributed by atoms with Gasteiger partial charge in [-0.3, -0.25) is 4.79 Å². The first-order valence-corrected chi connectivity index (χ1v) is 10.4. The summed E-state index contributed by atoms with van der Waals surface area (Å²) < 4.78 is 24.5. The maximum absolute atomic E-state index is 13.4. The van der Waals surface area contributed by atoms with E-state index in [-0.39, 0.29) is 23.1 Å². The lowest BCUT2D eigenvalue weighted by Gasteiger charge is -2.15. The van der Waals surface area contributed by atoms with E-state index in [1.165, 1.54) is 30.3 Å². The van der Waals surface area contributed by atoms with Crippen LogP contribution in [-0.2, 0) is 11.4 Å². The number of rotatable bonds is 6. The lowest BCUT2D eigenvalue weighted by atomic mass is 10.0. The predicted octanol–water partition coefficient (Wildman–Crippen LogP) is 5.15. The zero-order valence-corrected chi connectivity index (χ0v) is 18.2. The van der Waals surface area contributed by atoms with Gasteiger partial charge in [0, 0.05) is 34.3 Å². The monoisotopic (exact) mass is 467 g/mol. The van der Waals surface area contributed by atoms with Crippen molar-refractivity contribution in [2.75, 3.05) is 5.32 Å². The molecule has 2 N–H and O–H groups in total. The van der Waals surface area contributed by atoms with Crippen molar-refractivity contribution in [3.63, 3.8) is 0 Å². The van der Waals surface area contributed by atoms with E-state index >= 15 is 0 Å². The summed E-state index contributed by atoms with van der Waals surface area (Å²) in [4.78, 5) is 24.6. The van der Waals surface area contributed by atoms with Crippen LogP contribution in [0.3, 0.4) is 0 Å². The van der Waals surface area contributed by atoms with Gasteiger partial charge in [0.15, 0.2) is 6.10 Å². The van der Waals surface area contributed by atoms with E-state index in [0.717, 1.165) is 5.56 Å². The fourth-order valence-electron chi connectivity index (χ4n) is 3.34. The molecule has 1 atom stereocenters. The van der Waals surface area contributed by atoms with Gasteiger partial charge in [-0.1, -0.05) is 23.7 Å². The Bertz CT molecular complexity index is 1380. The molecule has 0 aliphatic heterocycles. The van der Waals surface area contributed by atoms with E-state index in [0.29, 0.717) is 28.0 Å². The number of hydrogen-bond acceptors (Lipinski definition) is 5. The molecule has 1 aromatic heterocycles. The molecule has 0 aliphatic rings. The number of hydrogen-bond donors (Lipinski definition) is 2. The van der Waals surface area contributed by atoms with Crippen LogP contribution in [0.25, 0.3) is 22.1 Å². The molecule has 4 aromatic rings. The molecule has 0 saturated carbocycles. The van der Waals surface area contributed by atoms with Crippen LogP contribution in [0.1, 0.15) is 12.5 Å². The molecule has 0 unspecified atom stereocenters. The van der Waals surface area contributed by atoms with E-state index in [9.17, 15) is 14.0 Å². The summed E-state index contributed by atoms with van der Waals surface area (Å²) in [6.07, 6.45) is -0.846. The Kier molecular flexibility index (Phi) is 6.44. The van der Waals surface area contributed by atoms with Crippen molar-refractivity contribution >= 4 is 34.2 Å². The summed E-state index contributed by atoms with van der Waals surface area (Å²) in [6.45, 7) is 1.51. The molecule has 3 aromatic carbocycles. The number of aliphatic hydroxyl groups excluding tert-OH is 1. The number of ether oxygens (including phenoxy) is 1. The Morgan fingerprint density at radius 2 is 1.85 bits per heavy atom. The first-order valence-electron chi connectivity index (χ1n) is 10.0. The van der Waals surface area contributed by atoms with Crippen LogP contribution in [0.15, 0.2) is 75.9 Å². The van der Waals surface area contributed by atoms with Crippen LogP contribution in [-0.4, -0.2) is 17.1 Å². The highest BCUT2D eigenvalue weighted by molar-refractivity contribution is 6.33. The number of carbonyl (C=O) groups is 1. The second kappa shape index (κ2) is 9.44. The second-order valence-corrected chi connectivity index (χ2v) is 7.77. The Morgan fingerprint density at radius 1 is 1.09 bits per heavy atom. The highest BCUT2D eigenvalue weighted by Crippen LogP contribution is 2.34. The van der Waals surface area contributed by atoms with Gasteiger partial charge in [-0.15, -0.1) is 0 Å². The number of aliphatic hydroxyl groups is 1. The highest BCUT2D eigenvalue weighted by Gasteiger charge is 2.17. The molecule has 0 fully saturated rings. The van der Waals surface area contributed by atoms with E-state index in [1.54, 1.807) is 43.3 Å². The first kappa shape index (κ1) is 22.5. The van der Waals surface area contributed by atoms with Crippen LogP contribution < -0.4 is 15.7 Å². The number of fused-ring (bicyclic) bond motifs is 1. The van der Waals surface area contributed by atoms with Gasteiger partial charge in [-0.2, -0.15) is 0 Å². The maximum atomic E-state index is 13.4. The Hall–Kier alpha value is -3.68. The predicted molar refractivity (Wildman–Crippen MR) is 124 cm³/mol. The number of anilines is 1. The Morgan fingerprint density at radius 3 is 2.55 bits per heavy atom. The zero-order valence-electron chi connectivity index (χ0n) is 17.5. The van der Waals surface area contributed by atoms with Crippen LogP contribution in [0.4, 0.5) is 10.1 Å². The zero-order chi connectivity index (χ0) is 23.5. The van der Waals surface area contributed by atoms with Crippen molar-refractivity contribution in [3.8, 4) is 16.9 Å². The largest absolute Gasteiger partial charge is 0.481 e. The molecule has 1 heterocycles. The number of nitrogens with one attached hydrogen (secondary N) is 1. The van der Waals surface area contributed by atoms with E-state index < -0.39 is 17.5 Å². The smallest absolute Gasteiger partial charge is 0.336 e. The van der Waals surface area contributed by atoms with Crippen molar-refractivity contribution in [2.24, 2.45) is 0 Å². The Balaban J connectivity index is 1.57. The number of halogens is 2. The molecule has 1 amide bonds. The second-order valence-electron chi connectivity index (χ2n) is 7.37. The average molecular weight is 468 g/mol. The molecule has 0 spiro atoms. The van der Waals surface area contributed by atoms with Gasteiger partial charge in [0.1, 0.15) is 17.1 Å². The highest BCUT2D eigenvalue weighted by atomic mass is 35.5. The van der Waals surface area contributed by atoms with Crippen LogP contribution in [0.5, 0.6) is 5.75 Å². The van der Waals surface area contributed by atoms with Gasteiger partial charge in [-0.05, 0) is 55.0 Å². The summed E-state index contributed by atoms with van der Waals surface area (Å²) in [7, 11) is 0. The average Bonchev–Trinajstić information content (AvgIpc) is 2.79. The number of carbonyl (C=O) groups excluding carboxylic acids is 1. The summed E-state index contributed by atoms with van der Waals surface area (Å²) in [5.41, 5.74) is 1.92. The van der Waals surface area contributed by atoms with Crippen molar-refractivity contribution in [1.29, 1.82) is 0 Å². The fraction of sp³-hybridized carbons (Fsp3) is 0.120. The topological polar surface area (TPSA) is 88.8 Å². The van der Waals surface area contributed by atoms with Gasteiger partial charge in [0.2, 0.25) is 0 Å². The molecule has 33 heavy (non-hydrogen) atoms. The molecule has 168 valence electrons. The standard InChI is InChI=1S/C25H19ClFNO5/c1-14(25(31)28-17-5-2-15(13-29)3-6-17)32-18-7-9-20-21(12-24(30)33-23(20)11-18)19-8-4-16(27)10-22(19)26/h2-12,14,29H,13H2,1H3,(H,28,31)/t14-/m1/s1. The third-order valence-electron chi connectivity index (χ3n) is 5.02. The van der Waals surface area contributed by atoms with E-state index in [1.807, 2.05) is 0 Å². The molecular formula is C25H19ClFNO5. The number of amides is 1. The SMILES string of the molecule is C[C@@H](Oc1ccc2c(-c3ccc(F)cc3Cl)cc(=O)oc2c1)C(=O)Nc1ccc(CO)cc1. The lowest BCUT2D eigenvalue weighted by molar-refractivity contribution is -0.122. The lowest BCUT2D eigenvalue weighted by Crippen LogP contribution is -2.30. The van der Waals surface area contributed by atoms with Crippen molar-refractivity contribution in [3.05, 3.63) is 93.6 Å². The molecule has 8 heteroatoms. The van der Waals surface area contributed by atoms with E-state index in [2.05, 4.69) is 5.32 Å². The fourth-order valence-corrected chi connectivity index (χ4v) is 3.61. The maximum Gasteiger partial charge on any atom is 0.336 e. The normalized spacial score (nSPS) is 11.9. The molecular weight excluding hydrogens is 449 g/mol. The Labute approximate surface area is 193 Å². The minimum absolute atomic E-state index is 0.0824.